The predicted molar refractivity (Wildman–Crippen MR) is 137 cm³/mol. The molecule has 4 rings (SSSR count). The van der Waals surface area contributed by atoms with Gasteiger partial charge in [0.1, 0.15) is 23.4 Å². The minimum Gasteiger partial charge on any atom is -0.497 e. The Labute approximate surface area is 221 Å². The minimum absolute atomic E-state index is 0.0186. The number of ether oxygens (including phenoxy) is 3. The van der Waals surface area contributed by atoms with Crippen molar-refractivity contribution in [2.24, 2.45) is 0 Å². The molecule has 2 saturated heterocycles. The molecule has 3 atom stereocenters. The third kappa shape index (κ3) is 6.31. The lowest BCUT2D eigenvalue weighted by Gasteiger charge is -2.33. The van der Waals surface area contributed by atoms with Gasteiger partial charge in [-0.2, -0.15) is 0 Å². The van der Waals surface area contributed by atoms with Gasteiger partial charge in [-0.15, -0.1) is 0 Å². The Hall–Kier alpha value is -3.92. The average molecular weight is 524 g/mol. The number of carbonyl (C=O) groups is 4. The Bertz CT molecular complexity index is 1170. The Morgan fingerprint density at radius 2 is 1.79 bits per heavy atom. The number of nitrogens with zero attached hydrogens (tertiary/aromatic N) is 1. The number of benzene rings is 2. The van der Waals surface area contributed by atoms with E-state index >= 15 is 0 Å². The third-order valence-corrected chi connectivity index (χ3v) is 6.68. The number of cyclic esters (lactones) is 1. The number of nitrogens with one attached hydrogen (secondary N) is 2. The summed E-state index contributed by atoms with van der Waals surface area (Å²) >= 11 is 0. The van der Waals surface area contributed by atoms with E-state index < -0.39 is 35.8 Å². The highest BCUT2D eigenvalue weighted by Crippen LogP contribution is 2.24. The lowest BCUT2D eigenvalue weighted by molar-refractivity contribution is -0.168. The first-order valence-corrected chi connectivity index (χ1v) is 12.6. The summed E-state index contributed by atoms with van der Waals surface area (Å²) in [4.78, 5) is 53.0. The summed E-state index contributed by atoms with van der Waals surface area (Å²) in [5.74, 6) is -1.01. The standard InChI is InChI=1S/C28H33N3O7/c1-28(2,30-24(33)19-11-13-20(36-3)14-12-19)27(35)31-15-7-10-22(31)25(34)29-21-16-23(32)38-26(21)37-17-18-8-5-4-6-9-18/h4-6,8-9,11-14,21-22,26H,7,10,15-17H2,1-3H3,(H,29,34)(H,30,33)/t21-,22?,26?/m0/s1. The summed E-state index contributed by atoms with van der Waals surface area (Å²) in [5, 5.41) is 5.63. The van der Waals surface area contributed by atoms with E-state index in [2.05, 4.69) is 10.6 Å². The maximum Gasteiger partial charge on any atom is 0.310 e. The van der Waals surface area contributed by atoms with E-state index in [1.54, 1.807) is 38.1 Å². The van der Waals surface area contributed by atoms with E-state index in [4.69, 9.17) is 14.2 Å². The normalized spacial score (nSPS) is 21.1. The van der Waals surface area contributed by atoms with Crippen molar-refractivity contribution in [3.63, 3.8) is 0 Å². The highest BCUT2D eigenvalue weighted by Gasteiger charge is 2.44. The van der Waals surface area contributed by atoms with Gasteiger partial charge in [0.2, 0.25) is 18.1 Å². The van der Waals surface area contributed by atoms with Crippen LogP contribution in [0.1, 0.15) is 49.0 Å². The molecule has 0 aromatic heterocycles. The molecule has 202 valence electrons. The van der Waals surface area contributed by atoms with Crippen LogP contribution in [0.5, 0.6) is 5.75 Å². The highest BCUT2D eigenvalue weighted by atomic mass is 16.7. The molecule has 3 amide bonds. The molecule has 10 nitrogen and oxygen atoms in total. The molecular weight excluding hydrogens is 490 g/mol. The zero-order chi connectivity index (χ0) is 27.3. The van der Waals surface area contributed by atoms with Gasteiger partial charge in [-0.05, 0) is 56.5 Å². The van der Waals surface area contributed by atoms with Gasteiger partial charge in [-0.3, -0.25) is 19.2 Å². The highest BCUT2D eigenvalue weighted by molar-refractivity contribution is 6.00. The maximum absolute atomic E-state index is 13.5. The molecule has 10 heteroatoms. The van der Waals surface area contributed by atoms with Gasteiger partial charge in [0.05, 0.1) is 20.1 Å². The van der Waals surface area contributed by atoms with Crippen molar-refractivity contribution in [2.45, 2.75) is 63.6 Å². The second-order valence-corrected chi connectivity index (χ2v) is 9.94. The fourth-order valence-corrected chi connectivity index (χ4v) is 4.63. The number of esters is 1. The van der Waals surface area contributed by atoms with Gasteiger partial charge in [0.15, 0.2) is 0 Å². The fourth-order valence-electron chi connectivity index (χ4n) is 4.63. The topological polar surface area (TPSA) is 123 Å². The zero-order valence-electron chi connectivity index (χ0n) is 21.8. The van der Waals surface area contributed by atoms with Crippen molar-refractivity contribution in [2.75, 3.05) is 13.7 Å². The van der Waals surface area contributed by atoms with Gasteiger partial charge in [0, 0.05) is 12.1 Å². The number of hydrogen-bond donors (Lipinski definition) is 2. The number of methoxy groups -OCH3 is 1. The van der Waals surface area contributed by atoms with E-state index in [1.165, 1.54) is 12.0 Å². The van der Waals surface area contributed by atoms with Gasteiger partial charge >= 0.3 is 5.97 Å². The van der Waals surface area contributed by atoms with E-state index in [-0.39, 0.29) is 24.8 Å². The smallest absolute Gasteiger partial charge is 0.310 e. The van der Waals surface area contributed by atoms with Crippen LogP contribution < -0.4 is 15.4 Å². The second kappa shape index (κ2) is 11.6. The van der Waals surface area contributed by atoms with Crippen molar-refractivity contribution >= 4 is 23.7 Å². The van der Waals surface area contributed by atoms with Crippen LogP contribution in [-0.4, -0.2) is 66.2 Å². The molecule has 2 N–H and O–H groups in total. The fraction of sp³-hybridized carbons (Fsp3) is 0.429. The number of hydrogen-bond acceptors (Lipinski definition) is 7. The van der Waals surface area contributed by atoms with Crippen LogP contribution in [0.15, 0.2) is 54.6 Å². The first-order chi connectivity index (χ1) is 18.2. The van der Waals surface area contributed by atoms with Crippen molar-refractivity contribution < 1.29 is 33.4 Å². The second-order valence-electron chi connectivity index (χ2n) is 9.94. The van der Waals surface area contributed by atoms with E-state index in [0.717, 1.165) is 5.56 Å². The van der Waals surface area contributed by atoms with Crippen molar-refractivity contribution in [3.05, 3.63) is 65.7 Å². The predicted octanol–water partition coefficient (Wildman–Crippen LogP) is 2.17. The van der Waals surface area contributed by atoms with E-state index in [1.807, 2.05) is 30.3 Å². The molecule has 2 aromatic rings. The summed E-state index contributed by atoms with van der Waals surface area (Å²) in [6, 6.07) is 14.6. The minimum atomic E-state index is -1.26. The lowest BCUT2D eigenvalue weighted by atomic mass is 10.0. The summed E-state index contributed by atoms with van der Waals surface area (Å²) < 4.78 is 16.2. The molecule has 2 aliphatic rings. The first kappa shape index (κ1) is 27.1. The molecule has 2 aliphatic heterocycles. The lowest BCUT2D eigenvalue weighted by Crippen LogP contribution is -2.59. The Kier molecular flexibility index (Phi) is 8.31. The van der Waals surface area contributed by atoms with Gasteiger partial charge in [-0.25, -0.2) is 0 Å². The number of likely N-dealkylation sites (tertiary alicyclic amines) is 1. The SMILES string of the molecule is COc1ccc(C(=O)NC(C)(C)C(=O)N2CCCC2C(=O)N[C@H]2CC(=O)OC2OCc2ccccc2)cc1. The Morgan fingerprint density at radius 3 is 2.47 bits per heavy atom. The van der Waals surface area contributed by atoms with E-state index in [9.17, 15) is 19.2 Å². The quantitative estimate of drug-likeness (QED) is 0.483. The van der Waals surface area contributed by atoms with Crippen LogP contribution in [-0.2, 0) is 30.5 Å². The van der Waals surface area contributed by atoms with Crippen molar-refractivity contribution in [1.29, 1.82) is 0 Å². The molecule has 0 aliphatic carbocycles. The van der Waals surface area contributed by atoms with Crippen LogP contribution in [0.25, 0.3) is 0 Å². The van der Waals surface area contributed by atoms with Crippen LogP contribution in [0.3, 0.4) is 0 Å². The van der Waals surface area contributed by atoms with Crippen molar-refractivity contribution in [3.8, 4) is 5.75 Å². The van der Waals surface area contributed by atoms with Crippen LogP contribution >= 0.6 is 0 Å². The summed E-state index contributed by atoms with van der Waals surface area (Å²) in [6.45, 7) is 3.83. The largest absolute Gasteiger partial charge is 0.497 e. The molecule has 2 aromatic carbocycles. The monoisotopic (exact) mass is 523 g/mol. The molecular formula is C28H33N3O7. The maximum atomic E-state index is 13.5. The van der Waals surface area contributed by atoms with Crippen LogP contribution in [0, 0.1) is 0 Å². The molecule has 2 heterocycles. The van der Waals surface area contributed by atoms with Crippen molar-refractivity contribution in [1.82, 2.24) is 15.5 Å². The summed E-state index contributed by atoms with van der Waals surface area (Å²) in [6.07, 6.45) is 0.171. The zero-order valence-corrected chi connectivity index (χ0v) is 21.8. The molecule has 0 bridgehead atoms. The van der Waals surface area contributed by atoms with Crippen LogP contribution in [0.2, 0.25) is 0 Å². The summed E-state index contributed by atoms with van der Waals surface area (Å²) in [5.41, 5.74) is 0.0371. The molecule has 0 radical (unpaired) electrons. The van der Waals surface area contributed by atoms with Crippen LogP contribution in [0.4, 0.5) is 0 Å². The molecule has 0 saturated carbocycles. The molecule has 2 fully saturated rings. The van der Waals surface area contributed by atoms with Gasteiger partial charge in [0.25, 0.3) is 5.91 Å². The summed E-state index contributed by atoms with van der Waals surface area (Å²) in [7, 11) is 1.54. The molecule has 2 unspecified atom stereocenters. The van der Waals surface area contributed by atoms with E-state index in [0.29, 0.717) is 30.7 Å². The average Bonchev–Trinajstić information content (AvgIpc) is 3.53. The number of amides is 3. The Balaban J connectivity index is 1.37. The van der Waals surface area contributed by atoms with Gasteiger partial charge in [-0.1, -0.05) is 30.3 Å². The van der Waals surface area contributed by atoms with Gasteiger partial charge < -0.3 is 29.7 Å². The first-order valence-electron chi connectivity index (χ1n) is 12.6. The number of carbonyl (C=O) groups excluding carboxylic acids is 4. The third-order valence-electron chi connectivity index (χ3n) is 6.68. The Morgan fingerprint density at radius 1 is 1.08 bits per heavy atom. The molecule has 38 heavy (non-hydrogen) atoms. The molecule has 0 spiro atoms. The number of rotatable bonds is 9.